The predicted molar refractivity (Wildman–Crippen MR) is 150 cm³/mol. The molecular formula is C30H19FN8O. The van der Waals surface area contributed by atoms with Gasteiger partial charge in [0.15, 0.2) is 17.1 Å². The topological polar surface area (TPSA) is 125 Å². The SMILES string of the molecule is O=C(Nc1cncc(-c2cnc3[nH]nc(-c4nc5c(-c6cccc(F)c6)ccnc5[nH]4)c3c2)c1)c1ccccc1. The third kappa shape index (κ3) is 4.23. The molecule has 0 fully saturated rings. The van der Waals surface area contributed by atoms with E-state index in [0.717, 1.165) is 22.1 Å². The van der Waals surface area contributed by atoms with Crippen LogP contribution in [0, 0.1) is 5.82 Å². The van der Waals surface area contributed by atoms with E-state index < -0.39 is 0 Å². The fourth-order valence-electron chi connectivity index (χ4n) is 4.61. The van der Waals surface area contributed by atoms with E-state index >= 15 is 0 Å². The molecule has 5 heterocycles. The van der Waals surface area contributed by atoms with Crippen LogP contribution >= 0.6 is 0 Å². The molecule has 0 unspecified atom stereocenters. The normalized spacial score (nSPS) is 11.2. The Hall–Kier alpha value is -5.77. The summed E-state index contributed by atoms with van der Waals surface area (Å²) < 4.78 is 13.9. The van der Waals surface area contributed by atoms with Gasteiger partial charge in [0.25, 0.3) is 5.91 Å². The molecule has 1 amide bonds. The van der Waals surface area contributed by atoms with Crippen LogP contribution in [0.3, 0.4) is 0 Å². The molecule has 0 spiro atoms. The Morgan fingerprint density at radius 1 is 0.825 bits per heavy atom. The summed E-state index contributed by atoms with van der Waals surface area (Å²) in [6, 6.07) is 20.9. The number of benzene rings is 2. The Bertz CT molecular complexity index is 2030. The highest BCUT2D eigenvalue weighted by Gasteiger charge is 2.17. The number of nitrogens with zero attached hydrogens (tertiary/aromatic N) is 5. The summed E-state index contributed by atoms with van der Waals surface area (Å²) in [5.41, 5.74) is 6.44. The number of nitrogens with one attached hydrogen (secondary N) is 3. The summed E-state index contributed by atoms with van der Waals surface area (Å²) in [6.07, 6.45) is 6.67. The first-order chi connectivity index (χ1) is 19.6. The molecule has 7 rings (SSSR count). The Morgan fingerprint density at radius 3 is 2.58 bits per heavy atom. The number of imidazole rings is 1. The minimum atomic E-state index is -0.326. The zero-order chi connectivity index (χ0) is 27.1. The van der Waals surface area contributed by atoms with E-state index in [4.69, 9.17) is 4.98 Å². The first-order valence-corrected chi connectivity index (χ1v) is 12.4. The van der Waals surface area contributed by atoms with Crippen molar-refractivity contribution >= 4 is 33.8 Å². The van der Waals surface area contributed by atoms with Crippen LogP contribution in [0.2, 0.25) is 0 Å². The molecule has 192 valence electrons. The second kappa shape index (κ2) is 9.52. The van der Waals surface area contributed by atoms with Gasteiger partial charge in [-0.2, -0.15) is 5.10 Å². The van der Waals surface area contributed by atoms with E-state index in [1.54, 1.807) is 49.1 Å². The molecular weight excluding hydrogens is 507 g/mol. The van der Waals surface area contributed by atoms with Crippen LogP contribution in [-0.2, 0) is 0 Å². The maximum absolute atomic E-state index is 13.9. The number of amides is 1. The number of hydrogen-bond donors (Lipinski definition) is 3. The number of halogens is 1. The quantitative estimate of drug-likeness (QED) is 0.252. The average Bonchev–Trinajstić information content (AvgIpc) is 3.61. The van der Waals surface area contributed by atoms with Crippen LogP contribution in [0.1, 0.15) is 10.4 Å². The standard InChI is InChI=1S/C30H19FN8O/c31-21-8-4-7-18(11-21)23-9-10-33-28-25(23)36-29(37-28)26-24-13-20(15-34-27(24)39-38-26)19-12-22(16-32-14-19)35-30(40)17-5-2-1-3-6-17/h1-16H,(H,35,40)(H,33,36,37)(H,34,38,39). The Morgan fingerprint density at radius 2 is 1.70 bits per heavy atom. The van der Waals surface area contributed by atoms with Crippen molar-refractivity contribution in [2.45, 2.75) is 0 Å². The zero-order valence-electron chi connectivity index (χ0n) is 20.8. The van der Waals surface area contributed by atoms with E-state index in [1.165, 1.54) is 12.1 Å². The summed E-state index contributed by atoms with van der Waals surface area (Å²) in [5.74, 6) is -0.0479. The Balaban J connectivity index is 1.25. The van der Waals surface area contributed by atoms with Crippen molar-refractivity contribution in [1.29, 1.82) is 0 Å². The number of aromatic nitrogens is 7. The first kappa shape index (κ1) is 23.4. The fraction of sp³-hybridized carbons (Fsp3) is 0. The summed E-state index contributed by atoms with van der Waals surface area (Å²) in [7, 11) is 0. The molecule has 0 radical (unpaired) electrons. The maximum atomic E-state index is 13.9. The molecule has 2 aromatic carbocycles. The van der Waals surface area contributed by atoms with E-state index in [-0.39, 0.29) is 11.7 Å². The van der Waals surface area contributed by atoms with Gasteiger partial charge in [0.1, 0.15) is 17.0 Å². The number of pyridine rings is 3. The number of rotatable bonds is 5. The van der Waals surface area contributed by atoms with Crippen molar-refractivity contribution < 1.29 is 9.18 Å². The highest BCUT2D eigenvalue weighted by Crippen LogP contribution is 2.32. The highest BCUT2D eigenvalue weighted by molar-refractivity contribution is 6.04. The third-order valence-electron chi connectivity index (χ3n) is 6.53. The van der Waals surface area contributed by atoms with Gasteiger partial charge in [-0.05, 0) is 48.0 Å². The number of fused-ring (bicyclic) bond motifs is 2. The second-order valence-corrected chi connectivity index (χ2v) is 9.13. The lowest BCUT2D eigenvalue weighted by molar-refractivity contribution is 0.102. The lowest BCUT2D eigenvalue weighted by atomic mass is 10.1. The van der Waals surface area contributed by atoms with Gasteiger partial charge in [-0.3, -0.25) is 14.9 Å². The minimum Gasteiger partial charge on any atom is -0.321 e. The predicted octanol–water partition coefficient (Wildman–Crippen LogP) is 6.02. The van der Waals surface area contributed by atoms with E-state index in [2.05, 4.69) is 35.5 Å². The number of aromatic amines is 2. The zero-order valence-corrected chi connectivity index (χ0v) is 20.8. The molecule has 0 aliphatic rings. The van der Waals surface area contributed by atoms with Crippen molar-refractivity contribution in [1.82, 2.24) is 35.1 Å². The van der Waals surface area contributed by atoms with Crippen LogP contribution in [0.5, 0.6) is 0 Å². The van der Waals surface area contributed by atoms with E-state index in [0.29, 0.717) is 45.1 Å². The number of carbonyl (C=O) groups excluding carboxylic acids is 1. The highest BCUT2D eigenvalue weighted by atomic mass is 19.1. The first-order valence-electron chi connectivity index (χ1n) is 12.4. The molecule has 7 aromatic rings. The number of carbonyl (C=O) groups is 1. The van der Waals surface area contributed by atoms with Gasteiger partial charge in [0, 0.05) is 40.8 Å². The molecule has 5 aromatic heterocycles. The summed E-state index contributed by atoms with van der Waals surface area (Å²) in [5, 5.41) is 11.0. The van der Waals surface area contributed by atoms with Crippen molar-refractivity contribution in [3.8, 4) is 33.8 Å². The van der Waals surface area contributed by atoms with Crippen molar-refractivity contribution in [3.63, 3.8) is 0 Å². The van der Waals surface area contributed by atoms with Gasteiger partial charge in [0.05, 0.1) is 17.3 Å². The lowest BCUT2D eigenvalue weighted by Gasteiger charge is -2.07. The smallest absolute Gasteiger partial charge is 0.255 e. The number of hydrogen-bond acceptors (Lipinski definition) is 6. The van der Waals surface area contributed by atoms with Gasteiger partial charge in [-0.1, -0.05) is 30.3 Å². The molecule has 0 atom stereocenters. The summed E-state index contributed by atoms with van der Waals surface area (Å²) in [6.45, 7) is 0. The van der Waals surface area contributed by atoms with Gasteiger partial charge in [-0.25, -0.2) is 19.3 Å². The van der Waals surface area contributed by atoms with Crippen LogP contribution in [0.15, 0.2) is 97.6 Å². The van der Waals surface area contributed by atoms with Crippen molar-refractivity contribution in [2.75, 3.05) is 5.32 Å². The maximum Gasteiger partial charge on any atom is 0.255 e. The molecule has 0 aliphatic heterocycles. The van der Waals surface area contributed by atoms with Gasteiger partial charge in [-0.15, -0.1) is 0 Å². The average molecular weight is 527 g/mol. The van der Waals surface area contributed by atoms with Gasteiger partial charge < -0.3 is 10.3 Å². The van der Waals surface area contributed by atoms with Gasteiger partial charge in [0.2, 0.25) is 0 Å². The lowest BCUT2D eigenvalue weighted by Crippen LogP contribution is -2.11. The molecule has 10 heteroatoms. The van der Waals surface area contributed by atoms with Gasteiger partial charge >= 0.3 is 0 Å². The molecule has 3 N–H and O–H groups in total. The molecule has 0 aliphatic carbocycles. The van der Waals surface area contributed by atoms with Crippen LogP contribution in [-0.4, -0.2) is 41.0 Å². The monoisotopic (exact) mass is 526 g/mol. The number of anilines is 1. The largest absolute Gasteiger partial charge is 0.321 e. The van der Waals surface area contributed by atoms with E-state index in [1.807, 2.05) is 36.4 Å². The molecule has 40 heavy (non-hydrogen) atoms. The second-order valence-electron chi connectivity index (χ2n) is 9.13. The summed E-state index contributed by atoms with van der Waals surface area (Å²) in [4.78, 5) is 33.9. The molecule has 0 saturated carbocycles. The Labute approximate surface area is 226 Å². The van der Waals surface area contributed by atoms with E-state index in [9.17, 15) is 9.18 Å². The molecule has 0 bridgehead atoms. The van der Waals surface area contributed by atoms with Crippen LogP contribution in [0.4, 0.5) is 10.1 Å². The fourth-order valence-corrected chi connectivity index (χ4v) is 4.61. The minimum absolute atomic E-state index is 0.221. The van der Waals surface area contributed by atoms with Crippen LogP contribution in [0.25, 0.3) is 56.0 Å². The molecule has 9 nitrogen and oxygen atoms in total. The molecule has 0 saturated heterocycles. The third-order valence-corrected chi connectivity index (χ3v) is 6.53. The summed E-state index contributed by atoms with van der Waals surface area (Å²) >= 11 is 0. The van der Waals surface area contributed by atoms with Crippen LogP contribution < -0.4 is 5.32 Å². The van der Waals surface area contributed by atoms with Crippen molar-refractivity contribution in [3.05, 3.63) is 109 Å². The van der Waals surface area contributed by atoms with Crippen molar-refractivity contribution in [2.24, 2.45) is 0 Å². The Kier molecular flexibility index (Phi) is 5.56. The number of H-pyrrole nitrogens is 2.